The SMILES string of the molecule is CCCN(C(=O)CC(Cc1ccccc1)c1ccccc1)C1CCNCC1. The van der Waals surface area contributed by atoms with Gasteiger partial charge in [0.2, 0.25) is 5.91 Å². The highest BCUT2D eigenvalue weighted by molar-refractivity contribution is 5.77. The molecule has 0 aliphatic carbocycles. The molecule has 0 aromatic heterocycles. The standard InChI is InChI=1S/C24H32N2O/c1-2-17-26(23-13-15-25-16-14-23)24(27)19-22(21-11-7-4-8-12-21)18-20-9-5-3-6-10-20/h3-12,22-23,25H,2,13-19H2,1H3. The molecule has 0 spiro atoms. The second-order valence-corrected chi connectivity index (χ2v) is 7.57. The Morgan fingerprint density at radius 1 is 1.04 bits per heavy atom. The highest BCUT2D eigenvalue weighted by atomic mass is 16.2. The summed E-state index contributed by atoms with van der Waals surface area (Å²) in [6, 6.07) is 21.5. The van der Waals surface area contributed by atoms with E-state index in [9.17, 15) is 4.79 Å². The number of hydrogen-bond acceptors (Lipinski definition) is 2. The molecule has 1 saturated heterocycles. The third-order valence-electron chi connectivity index (χ3n) is 5.55. The van der Waals surface area contributed by atoms with Crippen LogP contribution in [0.15, 0.2) is 60.7 Å². The van der Waals surface area contributed by atoms with E-state index in [0.717, 1.165) is 45.3 Å². The molecule has 3 heteroatoms. The quantitative estimate of drug-likeness (QED) is 0.753. The fraction of sp³-hybridized carbons (Fsp3) is 0.458. The normalized spacial score (nSPS) is 16.0. The molecule has 144 valence electrons. The predicted octanol–water partition coefficient (Wildman–Crippen LogP) is 4.39. The fourth-order valence-corrected chi connectivity index (χ4v) is 4.13. The number of nitrogens with zero attached hydrogens (tertiary/aromatic N) is 1. The molecule has 1 amide bonds. The van der Waals surface area contributed by atoms with Gasteiger partial charge in [-0.25, -0.2) is 0 Å². The molecule has 3 nitrogen and oxygen atoms in total. The van der Waals surface area contributed by atoms with Crippen molar-refractivity contribution in [2.45, 2.75) is 51.0 Å². The van der Waals surface area contributed by atoms with Crippen molar-refractivity contribution in [2.75, 3.05) is 19.6 Å². The maximum Gasteiger partial charge on any atom is 0.223 e. The Hall–Kier alpha value is -2.13. The van der Waals surface area contributed by atoms with Gasteiger partial charge in [-0.2, -0.15) is 0 Å². The van der Waals surface area contributed by atoms with E-state index in [-0.39, 0.29) is 5.92 Å². The second-order valence-electron chi connectivity index (χ2n) is 7.57. The Balaban J connectivity index is 1.76. The first-order valence-corrected chi connectivity index (χ1v) is 10.4. The second kappa shape index (κ2) is 10.3. The molecule has 1 fully saturated rings. The molecule has 2 aromatic carbocycles. The van der Waals surface area contributed by atoms with Gasteiger partial charge in [0.15, 0.2) is 0 Å². The predicted molar refractivity (Wildman–Crippen MR) is 112 cm³/mol. The first-order valence-electron chi connectivity index (χ1n) is 10.4. The van der Waals surface area contributed by atoms with Crippen LogP contribution in [0.2, 0.25) is 0 Å². The third-order valence-corrected chi connectivity index (χ3v) is 5.55. The molecule has 1 heterocycles. The number of nitrogens with one attached hydrogen (secondary N) is 1. The summed E-state index contributed by atoms with van der Waals surface area (Å²) in [6.07, 6.45) is 4.65. The van der Waals surface area contributed by atoms with Gasteiger partial charge in [0.1, 0.15) is 0 Å². The molecule has 1 atom stereocenters. The first kappa shape index (κ1) is 19.6. The zero-order valence-corrected chi connectivity index (χ0v) is 16.4. The van der Waals surface area contributed by atoms with Gasteiger partial charge in [0, 0.05) is 19.0 Å². The Morgan fingerprint density at radius 2 is 1.67 bits per heavy atom. The van der Waals surface area contributed by atoms with Crippen molar-refractivity contribution in [1.82, 2.24) is 10.2 Å². The minimum absolute atomic E-state index is 0.224. The largest absolute Gasteiger partial charge is 0.340 e. The first-order chi connectivity index (χ1) is 13.3. The lowest BCUT2D eigenvalue weighted by Crippen LogP contribution is -2.46. The maximum absolute atomic E-state index is 13.3. The van der Waals surface area contributed by atoms with Gasteiger partial charge in [-0.05, 0) is 55.8 Å². The van der Waals surface area contributed by atoms with Crippen molar-refractivity contribution in [1.29, 1.82) is 0 Å². The zero-order chi connectivity index (χ0) is 18.9. The van der Waals surface area contributed by atoms with Crippen LogP contribution < -0.4 is 5.32 Å². The molecule has 0 radical (unpaired) electrons. The van der Waals surface area contributed by atoms with Crippen LogP contribution >= 0.6 is 0 Å². The van der Waals surface area contributed by atoms with E-state index in [4.69, 9.17) is 0 Å². The summed E-state index contributed by atoms with van der Waals surface area (Å²) in [4.78, 5) is 15.5. The number of rotatable bonds is 8. The lowest BCUT2D eigenvalue weighted by molar-refractivity contribution is -0.134. The van der Waals surface area contributed by atoms with Crippen LogP contribution in [0.25, 0.3) is 0 Å². The molecule has 27 heavy (non-hydrogen) atoms. The van der Waals surface area contributed by atoms with Crippen molar-refractivity contribution in [3.05, 3.63) is 71.8 Å². The summed E-state index contributed by atoms with van der Waals surface area (Å²) in [6.45, 7) is 5.07. The third kappa shape index (κ3) is 5.67. The van der Waals surface area contributed by atoms with Gasteiger partial charge in [-0.3, -0.25) is 4.79 Å². The topological polar surface area (TPSA) is 32.3 Å². The Kier molecular flexibility index (Phi) is 7.46. The van der Waals surface area contributed by atoms with Crippen LogP contribution in [0, 0.1) is 0 Å². The average molecular weight is 365 g/mol. The summed E-state index contributed by atoms with van der Waals surface area (Å²) in [5, 5.41) is 3.41. The molecule has 1 aliphatic heterocycles. The minimum atomic E-state index is 0.224. The molecular formula is C24H32N2O. The molecule has 1 unspecified atom stereocenters. The number of hydrogen-bond donors (Lipinski definition) is 1. The van der Waals surface area contributed by atoms with Gasteiger partial charge < -0.3 is 10.2 Å². The van der Waals surface area contributed by atoms with E-state index < -0.39 is 0 Å². The van der Waals surface area contributed by atoms with Crippen LogP contribution in [0.1, 0.15) is 49.7 Å². The highest BCUT2D eigenvalue weighted by Crippen LogP contribution is 2.26. The van der Waals surface area contributed by atoms with Crippen molar-refractivity contribution in [2.24, 2.45) is 0 Å². The lowest BCUT2D eigenvalue weighted by atomic mass is 9.88. The average Bonchev–Trinajstić information content (AvgIpc) is 2.73. The van der Waals surface area contributed by atoms with Crippen molar-refractivity contribution in [3.63, 3.8) is 0 Å². The number of piperidine rings is 1. The number of carbonyl (C=O) groups excluding carboxylic acids is 1. The zero-order valence-electron chi connectivity index (χ0n) is 16.4. The summed E-state index contributed by atoms with van der Waals surface area (Å²) in [7, 11) is 0. The van der Waals surface area contributed by atoms with Gasteiger partial charge in [-0.15, -0.1) is 0 Å². The number of carbonyl (C=O) groups is 1. The lowest BCUT2D eigenvalue weighted by Gasteiger charge is -2.35. The van der Waals surface area contributed by atoms with E-state index in [1.54, 1.807) is 0 Å². The number of amides is 1. The summed E-state index contributed by atoms with van der Waals surface area (Å²) >= 11 is 0. The van der Waals surface area contributed by atoms with Gasteiger partial charge in [0.05, 0.1) is 0 Å². The van der Waals surface area contributed by atoms with Crippen LogP contribution in [0.4, 0.5) is 0 Å². The van der Waals surface area contributed by atoms with Crippen LogP contribution in [-0.4, -0.2) is 36.5 Å². The highest BCUT2D eigenvalue weighted by Gasteiger charge is 2.27. The van der Waals surface area contributed by atoms with E-state index in [1.165, 1.54) is 11.1 Å². The Morgan fingerprint density at radius 3 is 2.30 bits per heavy atom. The van der Waals surface area contributed by atoms with Crippen molar-refractivity contribution < 1.29 is 4.79 Å². The van der Waals surface area contributed by atoms with E-state index >= 15 is 0 Å². The van der Waals surface area contributed by atoms with E-state index in [0.29, 0.717) is 18.4 Å². The molecular weight excluding hydrogens is 332 g/mol. The Bertz CT molecular complexity index is 680. The van der Waals surface area contributed by atoms with Gasteiger partial charge in [-0.1, -0.05) is 67.6 Å². The molecule has 0 saturated carbocycles. The fourth-order valence-electron chi connectivity index (χ4n) is 4.13. The Labute approximate surface area is 163 Å². The summed E-state index contributed by atoms with van der Waals surface area (Å²) in [5.41, 5.74) is 2.56. The monoisotopic (exact) mass is 364 g/mol. The van der Waals surface area contributed by atoms with E-state index in [1.807, 2.05) is 12.1 Å². The molecule has 1 N–H and O–H groups in total. The van der Waals surface area contributed by atoms with Crippen molar-refractivity contribution >= 4 is 5.91 Å². The van der Waals surface area contributed by atoms with Crippen LogP contribution in [-0.2, 0) is 11.2 Å². The van der Waals surface area contributed by atoms with Crippen LogP contribution in [0.3, 0.4) is 0 Å². The molecule has 3 rings (SSSR count). The smallest absolute Gasteiger partial charge is 0.223 e. The molecule has 0 bridgehead atoms. The minimum Gasteiger partial charge on any atom is -0.340 e. The van der Waals surface area contributed by atoms with E-state index in [2.05, 4.69) is 65.7 Å². The summed E-state index contributed by atoms with van der Waals surface area (Å²) in [5.74, 6) is 0.538. The number of benzene rings is 2. The molecule has 1 aliphatic rings. The summed E-state index contributed by atoms with van der Waals surface area (Å²) < 4.78 is 0. The molecule has 2 aromatic rings. The van der Waals surface area contributed by atoms with Gasteiger partial charge in [0.25, 0.3) is 0 Å². The van der Waals surface area contributed by atoms with Crippen molar-refractivity contribution in [3.8, 4) is 0 Å². The maximum atomic E-state index is 13.3. The van der Waals surface area contributed by atoms with Crippen LogP contribution in [0.5, 0.6) is 0 Å². The van der Waals surface area contributed by atoms with Gasteiger partial charge >= 0.3 is 0 Å².